The summed E-state index contributed by atoms with van der Waals surface area (Å²) in [6.07, 6.45) is 11.8. The highest BCUT2D eigenvalue weighted by Gasteiger charge is 2.25. The lowest BCUT2D eigenvalue weighted by Crippen LogP contribution is -2.43. The quantitative estimate of drug-likeness (QED) is 0.386. The third-order valence-corrected chi connectivity index (χ3v) is 5.79. The average Bonchev–Trinajstić information content (AvgIpc) is 2.74. The molecule has 5 nitrogen and oxygen atoms in total. The van der Waals surface area contributed by atoms with E-state index in [9.17, 15) is 18.4 Å². The van der Waals surface area contributed by atoms with Crippen LogP contribution in [0.4, 0.5) is 8.78 Å². The van der Waals surface area contributed by atoms with Gasteiger partial charge < -0.3 is 15.4 Å². The molecule has 1 aromatic rings. The zero-order chi connectivity index (χ0) is 21.3. The smallest absolute Gasteiger partial charge is 0.387 e. The Morgan fingerprint density at radius 1 is 0.833 bits per heavy atom. The molecule has 2 fully saturated rings. The molecule has 0 atom stereocenters. The number of nitrogens with one attached hydrogen (secondary N) is 2. The normalized spacial score (nSPS) is 18.0. The van der Waals surface area contributed by atoms with Crippen LogP contribution < -0.4 is 15.4 Å². The molecule has 2 N–H and O–H groups in total. The Hall–Kier alpha value is -2.44. The van der Waals surface area contributed by atoms with Crippen molar-refractivity contribution in [3.8, 4) is 5.75 Å². The number of halogens is 2. The molecule has 0 unspecified atom stereocenters. The van der Waals surface area contributed by atoms with Crippen LogP contribution in [0.5, 0.6) is 5.75 Å². The third-order valence-electron chi connectivity index (χ3n) is 5.79. The SMILES string of the molecule is O=C(NC1CCCCC1)C(=Cc1ccc(OC(F)F)cc1)C(=O)NC1CCCCC1. The highest BCUT2D eigenvalue weighted by Crippen LogP contribution is 2.21. The Balaban J connectivity index is 1.75. The Bertz CT molecular complexity index is 703. The van der Waals surface area contributed by atoms with Crippen LogP contribution >= 0.6 is 0 Å². The van der Waals surface area contributed by atoms with Crippen LogP contribution in [-0.2, 0) is 9.59 Å². The van der Waals surface area contributed by atoms with E-state index in [0.29, 0.717) is 5.56 Å². The Morgan fingerprint density at radius 3 is 1.73 bits per heavy atom. The van der Waals surface area contributed by atoms with Gasteiger partial charge in [0.25, 0.3) is 11.8 Å². The number of amides is 2. The summed E-state index contributed by atoms with van der Waals surface area (Å²) < 4.78 is 29.1. The molecule has 0 radical (unpaired) electrons. The molecule has 0 aromatic heterocycles. The number of alkyl halides is 2. The number of hydrogen-bond acceptors (Lipinski definition) is 3. The zero-order valence-electron chi connectivity index (χ0n) is 17.2. The average molecular weight is 421 g/mol. The molecule has 2 aliphatic carbocycles. The third kappa shape index (κ3) is 6.82. The van der Waals surface area contributed by atoms with Crippen molar-refractivity contribution in [2.45, 2.75) is 82.9 Å². The molecule has 164 valence electrons. The number of hydrogen-bond donors (Lipinski definition) is 2. The van der Waals surface area contributed by atoms with E-state index in [1.54, 1.807) is 12.1 Å². The topological polar surface area (TPSA) is 67.4 Å². The Morgan fingerprint density at radius 2 is 1.30 bits per heavy atom. The molecule has 2 amide bonds. The van der Waals surface area contributed by atoms with Crippen molar-refractivity contribution < 1.29 is 23.1 Å². The molecule has 7 heteroatoms. The minimum Gasteiger partial charge on any atom is -0.435 e. The molecule has 0 saturated heterocycles. The van der Waals surface area contributed by atoms with Crippen LogP contribution in [0.25, 0.3) is 6.08 Å². The van der Waals surface area contributed by atoms with E-state index < -0.39 is 6.61 Å². The van der Waals surface area contributed by atoms with Crippen LogP contribution in [0.3, 0.4) is 0 Å². The fourth-order valence-electron chi connectivity index (χ4n) is 4.17. The van der Waals surface area contributed by atoms with Crippen LogP contribution in [0.1, 0.15) is 69.8 Å². The number of carbonyl (C=O) groups excluding carboxylic acids is 2. The lowest BCUT2D eigenvalue weighted by atomic mass is 9.94. The van der Waals surface area contributed by atoms with Crippen molar-refractivity contribution in [2.75, 3.05) is 0 Å². The van der Waals surface area contributed by atoms with Crippen LogP contribution in [0, 0.1) is 0 Å². The van der Waals surface area contributed by atoms with Crippen molar-refractivity contribution in [1.29, 1.82) is 0 Å². The van der Waals surface area contributed by atoms with E-state index in [4.69, 9.17) is 0 Å². The van der Waals surface area contributed by atoms with E-state index in [-0.39, 0.29) is 35.2 Å². The lowest BCUT2D eigenvalue weighted by Gasteiger charge is -2.25. The molecular formula is C23H30F2N2O3. The first-order chi connectivity index (χ1) is 14.5. The van der Waals surface area contributed by atoms with Gasteiger partial charge in [-0.15, -0.1) is 0 Å². The number of carbonyl (C=O) groups is 2. The minimum absolute atomic E-state index is 0.0296. The Kier molecular flexibility index (Phi) is 8.22. The summed E-state index contributed by atoms with van der Waals surface area (Å²) in [5, 5.41) is 6.01. The summed E-state index contributed by atoms with van der Waals surface area (Å²) in [5.74, 6) is -0.742. The molecular weight excluding hydrogens is 390 g/mol. The predicted octanol–water partition coefficient (Wildman–Crippen LogP) is 4.57. The second-order valence-corrected chi connectivity index (χ2v) is 8.12. The minimum atomic E-state index is -2.90. The van der Waals surface area contributed by atoms with Gasteiger partial charge in [-0.3, -0.25) is 9.59 Å². The zero-order valence-corrected chi connectivity index (χ0v) is 17.2. The van der Waals surface area contributed by atoms with Crippen molar-refractivity contribution in [2.24, 2.45) is 0 Å². The molecule has 1 aromatic carbocycles. The van der Waals surface area contributed by atoms with E-state index >= 15 is 0 Å². The molecule has 0 bridgehead atoms. The summed E-state index contributed by atoms with van der Waals surface area (Å²) in [7, 11) is 0. The van der Waals surface area contributed by atoms with E-state index in [1.165, 1.54) is 31.1 Å². The lowest BCUT2D eigenvalue weighted by molar-refractivity contribution is -0.124. The highest BCUT2D eigenvalue weighted by molar-refractivity contribution is 6.21. The van der Waals surface area contributed by atoms with Gasteiger partial charge in [0.15, 0.2) is 0 Å². The fourth-order valence-corrected chi connectivity index (χ4v) is 4.17. The Labute approximate surface area is 176 Å². The molecule has 2 saturated carbocycles. The van der Waals surface area contributed by atoms with Crippen LogP contribution in [-0.4, -0.2) is 30.5 Å². The van der Waals surface area contributed by atoms with Crippen molar-refractivity contribution >= 4 is 17.9 Å². The first-order valence-electron chi connectivity index (χ1n) is 10.9. The maximum absolute atomic E-state index is 12.9. The molecule has 0 spiro atoms. The second kappa shape index (κ2) is 11.1. The number of rotatable bonds is 7. The number of ether oxygens (including phenoxy) is 1. The predicted molar refractivity (Wildman–Crippen MR) is 111 cm³/mol. The molecule has 0 aliphatic heterocycles. The van der Waals surface area contributed by atoms with Crippen molar-refractivity contribution in [3.05, 3.63) is 35.4 Å². The standard InChI is InChI=1S/C23H30F2N2O3/c24-23(25)30-19-13-11-16(12-14-19)15-20(21(28)26-17-7-3-1-4-8-17)22(29)27-18-9-5-2-6-10-18/h11-15,17-18,23H,1-10H2,(H,26,28)(H,27,29). The summed E-state index contributed by atoms with van der Waals surface area (Å²) in [4.78, 5) is 25.9. The van der Waals surface area contributed by atoms with Gasteiger partial charge in [0, 0.05) is 12.1 Å². The van der Waals surface area contributed by atoms with Gasteiger partial charge in [0.05, 0.1) is 0 Å². The largest absolute Gasteiger partial charge is 0.435 e. The molecule has 30 heavy (non-hydrogen) atoms. The molecule has 3 rings (SSSR count). The fraction of sp³-hybridized carbons (Fsp3) is 0.565. The van der Waals surface area contributed by atoms with E-state index in [2.05, 4.69) is 15.4 Å². The first kappa shape index (κ1) is 22.2. The van der Waals surface area contributed by atoms with Gasteiger partial charge in [-0.1, -0.05) is 50.7 Å². The van der Waals surface area contributed by atoms with E-state index in [0.717, 1.165) is 51.4 Å². The highest BCUT2D eigenvalue weighted by atomic mass is 19.3. The summed E-state index contributed by atoms with van der Waals surface area (Å²) >= 11 is 0. The number of benzene rings is 1. The van der Waals surface area contributed by atoms with Gasteiger partial charge in [0.1, 0.15) is 11.3 Å². The summed E-state index contributed by atoms with van der Waals surface area (Å²) in [6, 6.07) is 6.07. The maximum atomic E-state index is 12.9. The van der Waals surface area contributed by atoms with Crippen molar-refractivity contribution in [3.63, 3.8) is 0 Å². The second-order valence-electron chi connectivity index (χ2n) is 8.12. The monoisotopic (exact) mass is 420 g/mol. The summed E-state index contributed by atoms with van der Waals surface area (Å²) in [6.45, 7) is -2.90. The summed E-state index contributed by atoms with van der Waals surface area (Å²) in [5.41, 5.74) is 0.623. The van der Waals surface area contributed by atoms with Gasteiger partial charge in [0.2, 0.25) is 0 Å². The van der Waals surface area contributed by atoms with Crippen LogP contribution in [0.2, 0.25) is 0 Å². The van der Waals surface area contributed by atoms with Gasteiger partial charge in [-0.25, -0.2) is 0 Å². The maximum Gasteiger partial charge on any atom is 0.387 e. The van der Waals surface area contributed by atoms with Gasteiger partial charge in [-0.05, 0) is 49.5 Å². The van der Waals surface area contributed by atoms with E-state index in [1.807, 2.05) is 0 Å². The van der Waals surface area contributed by atoms with Gasteiger partial charge >= 0.3 is 6.61 Å². The van der Waals surface area contributed by atoms with Crippen molar-refractivity contribution in [1.82, 2.24) is 10.6 Å². The van der Waals surface area contributed by atoms with Gasteiger partial charge in [-0.2, -0.15) is 8.78 Å². The van der Waals surface area contributed by atoms with Crippen LogP contribution in [0.15, 0.2) is 29.8 Å². The molecule has 2 aliphatic rings. The first-order valence-corrected chi connectivity index (χ1v) is 10.9. The molecule has 0 heterocycles.